The van der Waals surface area contributed by atoms with E-state index in [9.17, 15) is 13.2 Å². The second-order valence-corrected chi connectivity index (χ2v) is 10.6. The number of hydrogen-bond acceptors (Lipinski definition) is 4. The molecule has 1 aliphatic carbocycles. The van der Waals surface area contributed by atoms with Crippen LogP contribution in [0, 0.1) is 5.92 Å². The van der Waals surface area contributed by atoms with E-state index in [1.54, 1.807) is 16.4 Å². The van der Waals surface area contributed by atoms with Gasteiger partial charge in [-0.2, -0.15) is 4.31 Å². The first-order valence-electron chi connectivity index (χ1n) is 11.3. The second kappa shape index (κ2) is 9.04. The molecule has 0 bridgehead atoms. The molecule has 0 unspecified atom stereocenters. The van der Waals surface area contributed by atoms with Gasteiger partial charge in [0.25, 0.3) is 0 Å². The van der Waals surface area contributed by atoms with Crippen LogP contribution in [-0.4, -0.2) is 44.8 Å². The van der Waals surface area contributed by atoms with Gasteiger partial charge >= 0.3 is 0 Å². The molecule has 1 aromatic carbocycles. The average Bonchev–Trinajstić information content (AvgIpc) is 3.30. The zero-order chi connectivity index (χ0) is 20.3. The van der Waals surface area contributed by atoms with E-state index in [0.717, 1.165) is 76.6 Å². The molecule has 4 rings (SSSR count). The van der Waals surface area contributed by atoms with Crippen LogP contribution in [0.4, 0.5) is 11.4 Å². The van der Waals surface area contributed by atoms with Gasteiger partial charge in [0.15, 0.2) is 0 Å². The van der Waals surface area contributed by atoms with Crippen molar-refractivity contribution in [3.63, 3.8) is 0 Å². The number of hydrogen-bond donors (Lipinski definition) is 1. The maximum Gasteiger partial charge on any atom is 0.243 e. The highest BCUT2D eigenvalue weighted by Gasteiger charge is 2.29. The lowest BCUT2D eigenvalue weighted by molar-refractivity contribution is -0.119. The van der Waals surface area contributed by atoms with Crippen molar-refractivity contribution in [3.05, 3.63) is 18.2 Å². The minimum atomic E-state index is -3.52. The van der Waals surface area contributed by atoms with Crippen molar-refractivity contribution in [1.29, 1.82) is 0 Å². The largest absolute Gasteiger partial charge is 0.370 e. The monoisotopic (exact) mass is 419 g/mol. The molecule has 2 saturated heterocycles. The first kappa shape index (κ1) is 20.7. The van der Waals surface area contributed by atoms with Crippen LogP contribution in [0.15, 0.2) is 23.1 Å². The number of carbonyl (C=O) groups excluding carboxylic acids is 1. The van der Waals surface area contributed by atoms with E-state index in [1.165, 1.54) is 6.42 Å². The topological polar surface area (TPSA) is 69.7 Å². The molecule has 6 nitrogen and oxygen atoms in total. The van der Waals surface area contributed by atoms with Crippen LogP contribution >= 0.6 is 0 Å². The molecule has 3 fully saturated rings. The van der Waals surface area contributed by atoms with Gasteiger partial charge in [-0.05, 0) is 63.1 Å². The highest BCUT2D eigenvalue weighted by molar-refractivity contribution is 7.89. The van der Waals surface area contributed by atoms with Gasteiger partial charge in [-0.1, -0.05) is 19.3 Å². The minimum Gasteiger partial charge on any atom is -0.370 e. The third-order valence-corrected chi connectivity index (χ3v) is 8.50. The average molecular weight is 420 g/mol. The molecule has 7 heteroatoms. The Hall–Kier alpha value is -1.60. The predicted octanol–water partition coefficient (Wildman–Crippen LogP) is 3.98. The Bertz CT molecular complexity index is 822. The van der Waals surface area contributed by atoms with E-state index in [4.69, 9.17) is 0 Å². The molecular weight excluding hydrogens is 386 g/mol. The number of carbonyl (C=O) groups is 1. The number of amides is 1. The normalized spacial score (nSPS) is 22.0. The summed E-state index contributed by atoms with van der Waals surface area (Å²) < 4.78 is 27.9. The van der Waals surface area contributed by atoms with Crippen molar-refractivity contribution in [2.45, 2.75) is 69.1 Å². The van der Waals surface area contributed by atoms with Crippen molar-refractivity contribution in [1.82, 2.24) is 4.31 Å². The second-order valence-electron chi connectivity index (χ2n) is 8.66. The van der Waals surface area contributed by atoms with Crippen LogP contribution in [0.1, 0.15) is 64.2 Å². The zero-order valence-corrected chi connectivity index (χ0v) is 18.1. The summed E-state index contributed by atoms with van der Waals surface area (Å²) in [7, 11) is -3.52. The molecule has 1 aromatic rings. The SMILES string of the molecule is O=C(Nc1cc(S(=O)(=O)N2CCCCC2)ccc1N1CCCCC1)C1CCCC1. The van der Waals surface area contributed by atoms with E-state index < -0.39 is 10.0 Å². The van der Waals surface area contributed by atoms with Gasteiger partial charge in [0.2, 0.25) is 15.9 Å². The van der Waals surface area contributed by atoms with Gasteiger partial charge in [-0.15, -0.1) is 0 Å². The number of nitrogens with one attached hydrogen (secondary N) is 1. The molecule has 0 atom stereocenters. The van der Waals surface area contributed by atoms with E-state index in [-0.39, 0.29) is 11.8 Å². The summed E-state index contributed by atoms with van der Waals surface area (Å²) in [6.45, 7) is 3.06. The number of nitrogens with zero attached hydrogens (tertiary/aromatic N) is 2. The van der Waals surface area contributed by atoms with Crippen molar-refractivity contribution in [3.8, 4) is 0 Å². The smallest absolute Gasteiger partial charge is 0.243 e. The Morgan fingerprint density at radius 3 is 2.14 bits per heavy atom. The van der Waals surface area contributed by atoms with Crippen molar-refractivity contribution >= 4 is 27.3 Å². The van der Waals surface area contributed by atoms with Gasteiger partial charge in [0.1, 0.15) is 0 Å². The first-order valence-corrected chi connectivity index (χ1v) is 12.7. The number of anilines is 2. The molecule has 1 saturated carbocycles. The van der Waals surface area contributed by atoms with Gasteiger partial charge in [0.05, 0.1) is 16.3 Å². The molecule has 3 aliphatic rings. The maximum atomic E-state index is 13.2. The highest BCUT2D eigenvalue weighted by Crippen LogP contribution is 2.34. The first-order chi connectivity index (χ1) is 14.1. The van der Waals surface area contributed by atoms with E-state index in [1.807, 2.05) is 6.07 Å². The third-order valence-electron chi connectivity index (χ3n) is 6.60. The van der Waals surface area contributed by atoms with Crippen molar-refractivity contribution in [2.75, 3.05) is 36.4 Å². The van der Waals surface area contributed by atoms with Crippen LogP contribution in [0.2, 0.25) is 0 Å². The Morgan fingerprint density at radius 1 is 0.862 bits per heavy atom. The fraction of sp³-hybridized carbons (Fsp3) is 0.682. The summed E-state index contributed by atoms with van der Waals surface area (Å²) in [5, 5.41) is 3.10. The lowest BCUT2D eigenvalue weighted by atomic mass is 10.1. The molecule has 29 heavy (non-hydrogen) atoms. The molecule has 1 amide bonds. The summed E-state index contributed by atoms with van der Waals surface area (Å²) >= 11 is 0. The van der Waals surface area contributed by atoms with Crippen LogP contribution < -0.4 is 10.2 Å². The Morgan fingerprint density at radius 2 is 1.48 bits per heavy atom. The molecule has 2 heterocycles. The molecule has 1 N–H and O–H groups in total. The van der Waals surface area contributed by atoms with Gasteiger partial charge < -0.3 is 10.2 Å². The van der Waals surface area contributed by atoms with E-state index >= 15 is 0 Å². The van der Waals surface area contributed by atoms with E-state index in [0.29, 0.717) is 23.7 Å². The number of sulfonamides is 1. The van der Waals surface area contributed by atoms with Crippen LogP contribution in [-0.2, 0) is 14.8 Å². The van der Waals surface area contributed by atoms with Crippen molar-refractivity contribution < 1.29 is 13.2 Å². The quantitative estimate of drug-likeness (QED) is 0.784. The summed E-state index contributed by atoms with van der Waals surface area (Å²) in [5.41, 5.74) is 1.61. The molecule has 0 radical (unpaired) electrons. The minimum absolute atomic E-state index is 0.0354. The van der Waals surface area contributed by atoms with Crippen LogP contribution in [0.25, 0.3) is 0 Å². The lowest BCUT2D eigenvalue weighted by Gasteiger charge is -2.31. The third kappa shape index (κ3) is 4.61. The fourth-order valence-electron chi connectivity index (χ4n) is 4.86. The Balaban J connectivity index is 1.64. The van der Waals surface area contributed by atoms with Crippen molar-refractivity contribution in [2.24, 2.45) is 5.92 Å². The molecule has 2 aliphatic heterocycles. The maximum absolute atomic E-state index is 13.2. The van der Waals surface area contributed by atoms with Gasteiger partial charge in [0, 0.05) is 32.1 Å². The summed E-state index contributed by atoms with van der Waals surface area (Å²) in [6, 6.07) is 5.31. The highest BCUT2D eigenvalue weighted by atomic mass is 32.2. The van der Waals surface area contributed by atoms with Gasteiger partial charge in [-0.3, -0.25) is 4.79 Å². The number of rotatable bonds is 5. The number of piperidine rings is 2. The zero-order valence-electron chi connectivity index (χ0n) is 17.2. The Kier molecular flexibility index (Phi) is 6.44. The Labute approximate surface area is 174 Å². The predicted molar refractivity (Wildman–Crippen MR) is 116 cm³/mol. The van der Waals surface area contributed by atoms with Crippen LogP contribution in [0.5, 0.6) is 0 Å². The number of benzene rings is 1. The summed E-state index contributed by atoms with van der Waals surface area (Å²) in [5.74, 6) is 0.0832. The fourth-order valence-corrected chi connectivity index (χ4v) is 6.41. The molecule has 0 spiro atoms. The molecule has 160 valence electrons. The standard InChI is InChI=1S/C22H33N3O3S/c26-22(18-9-3-4-10-18)23-20-17-19(29(27,28)25-15-7-2-8-16-25)11-12-21(20)24-13-5-1-6-14-24/h11-12,17-18H,1-10,13-16H2,(H,23,26). The molecule has 0 aromatic heterocycles. The van der Waals surface area contributed by atoms with Crippen LogP contribution in [0.3, 0.4) is 0 Å². The lowest BCUT2D eigenvalue weighted by Crippen LogP contribution is -2.36. The molecular formula is C22H33N3O3S. The summed E-state index contributed by atoms with van der Waals surface area (Å²) in [4.78, 5) is 15.4. The summed E-state index contributed by atoms with van der Waals surface area (Å²) in [6.07, 6.45) is 10.4. The van der Waals surface area contributed by atoms with Gasteiger partial charge in [-0.25, -0.2) is 8.42 Å². The van der Waals surface area contributed by atoms with E-state index in [2.05, 4.69) is 10.2 Å².